The van der Waals surface area contributed by atoms with E-state index in [9.17, 15) is 0 Å². The number of aliphatic imine (C=N–C) groups is 2. The minimum atomic E-state index is -0.465. The Morgan fingerprint density at radius 1 is 0.413 bits per heavy atom. The maximum atomic E-state index is 6.97. The van der Waals surface area contributed by atoms with Gasteiger partial charge in [-0.15, -0.1) is 0 Å². The van der Waals surface area contributed by atoms with Gasteiger partial charge in [-0.25, -0.2) is 9.98 Å². The van der Waals surface area contributed by atoms with Gasteiger partial charge < -0.3 is 19.1 Å². The predicted octanol–water partition coefficient (Wildman–Crippen LogP) is 14.8. The van der Waals surface area contributed by atoms with E-state index in [1.54, 1.807) is 0 Å². The number of hydrogen-bond acceptors (Lipinski definition) is 6. The van der Waals surface area contributed by atoms with Crippen molar-refractivity contribution in [3.8, 4) is 22.3 Å². The lowest BCUT2D eigenvalue weighted by atomic mass is 10.0. The van der Waals surface area contributed by atoms with Crippen LogP contribution < -0.4 is 10.2 Å². The van der Waals surface area contributed by atoms with Gasteiger partial charge in [0.2, 0.25) is 0 Å². The number of benzene rings is 9. The molecule has 0 bridgehead atoms. The molecular weight excluding hydrogens is 773 g/mol. The van der Waals surface area contributed by atoms with Crippen LogP contribution in [0.15, 0.2) is 237 Å². The lowest BCUT2D eigenvalue weighted by Gasteiger charge is -2.27. The molecule has 12 rings (SSSR count). The Bertz CT molecular complexity index is 3440. The van der Waals surface area contributed by atoms with Crippen molar-refractivity contribution in [2.24, 2.45) is 9.98 Å². The highest BCUT2D eigenvalue weighted by molar-refractivity contribution is 6.24. The Morgan fingerprint density at radius 3 is 1.54 bits per heavy atom. The average Bonchev–Trinajstić information content (AvgIpc) is 3.95. The molecule has 0 saturated heterocycles. The summed E-state index contributed by atoms with van der Waals surface area (Å²) in [5.41, 5.74) is 13.6. The third-order valence-corrected chi connectivity index (χ3v) is 12.0. The Kier molecular flexibility index (Phi) is 8.78. The molecule has 1 N–H and O–H groups in total. The van der Waals surface area contributed by atoms with Gasteiger partial charge in [0.05, 0.1) is 5.69 Å². The van der Waals surface area contributed by atoms with Crippen molar-refractivity contribution in [1.82, 2.24) is 5.32 Å². The Balaban J connectivity index is 1.06. The highest BCUT2D eigenvalue weighted by atomic mass is 16.3. The van der Waals surface area contributed by atoms with E-state index >= 15 is 0 Å². The number of furan rings is 2. The smallest absolute Gasteiger partial charge is 0.160 e. The van der Waals surface area contributed by atoms with E-state index in [0.717, 1.165) is 94.6 Å². The van der Waals surface area contributed by atoms with Gasteiger partial charge in [-0.3, -0.25) is 0 Å². The number of para-hydroxylation sites is 2. The highest BCUT2D eigenvalue weighted by Crippen LogP contribution is 2.45. The van der Waals surface area contributed by atoms with Crippen molar-refractivity contribution in [3.63, 3.8) is 0 Å². The first-order valence-electron chi connectivity index (χ1n) is 21.2. The molecule has 1 aliphatic rings. The molecule has 11 aromatic rings. The SMILES string of the molecule is c1ccc(C2=NC(c3ccc(N(c4ccc(-c5ccccc5)cc4)c4ccc(-c5ccccc5)cc4)c4oc5ccccc5c34)=NC(c3cccc4oc5ccccc5c34)N2)cc1. The third kappa shape index (κ3) is 6.44. The summed E-state index contributed by atoms with van der Waals surface area (Å²) in [6.07, 6.45) is -0.465. The van der Waals surface area contributed by atoms with E-state index in [2.05, 4.69) is 162 Å². The number of nitrogens with one attached hydrogen (secondary N) is 1. The summed E-state index contributed by atoms with van der Waals surface area (Å²) in [5.74, 6) is 1.34. The van der Waals surface area contributed by atoms with Crippen LogP contribution in [0.1, 0.15) is 22.9 Å². The molecule has 9 aromatic carbocycles. The summed E-state index contributed by atoms with van der Waals surface area (Å²) in [7, 11) is 0. The molecule has 6 heteroatoms. The summed E-state index contributed by atoms with van der Waals surface area (Å²) in [6.45, 7) is 0. The van der Waals surface area contributed by atoms with Gasteiger partial charge >= 0.3 is 0 Å². The van der Waals surface area contributed by atoms with E-state index in [1.165, 1.54) is 11.1 Å². The molecule has 0 radical (unpaired) electrons. The van der Waals surface area contributed by atoms with Crippen molar-refractivity contribution in [1.29, 1.82) is 0 Å². The molecule has 0 saturated carbocycles. The molecule has 0 fully saturated rings. The van der Waals surface area contributed by atoms with E-state index in [-0.39, 0.29) is 0 Å². The molecule has 0 amide bonds. The summed E-state index contributed by atoms with van der Waals surface area (Å²) in [5, 5.41) is 7.71. The zero-order valence-electron chi connectivity index (χ0n) is 34.0. The molecule has 1 aliphatic heterocycles. The van der Waals surface area contributed by atoms with Crippen LogP contribution in [0, 0.1) is 0 Å². The molecular formula is C57H38N4O2. The van der Waals surface area contributed by atoms with Gasteiger partial charge in [0.15, 0.2) is 11.4 Å². The van der Waals surface area contributed by atoms with E-state index < -0.39 is 6.17 Å². The van der Waals surface area contributed by atoms with Crippen LogP contribution in [0.2, 0.25) is 0 Å². The van der Waals surface area contributed by atoms with Crippen molar-refractivity contribution in [2.75, 3.05) is 4.90 Å². The lowest BCUT2D eigenvalue weighted by Crippen LogP contribution is -2.33. The highest BCUT2D eigenvalue weighted by Gasteiger charge is 2.28. The van der Waals surface area contributed by atoms with Gasteiger partial charge in [-0.2, -0.15) is 0 Å². The van der Waals surface area contributed by atoms with Gasteiger partial charge in [0.1, 0.15) is 28.8 Å². The quantitative estimate of drug-likeness (QED) is 0.166. The van der Waals surface area contributed by atoms with Gasteiger partial charge in [0.25, 0.3) is 0 Å². The number of amidine groups is 2. The van der Waals surface area contributed by atoms with Crippen LogP contribution >= 0.6 is 0 Å². The van der Waals surface area contributed by atoms with Crippen LogP contribution in [-0.4, -0.2) is 11.7 Å². The Morgan fingerprint density at radius 2 is 0.921 bits per heavy atom. The summed E-state index contributed by atoms with van der Waals surface area (Å²) in [4.78, 5) is 13.1. The largest absolute Gasteiger partial charge is 0.456 e. The van der Waals surface area contributed by atoms with E-state index in [4.69, 9.17) is 18.8 Å². The van der Waals surface area contributed by atoms with Gasteiger partial charge in [-0.05, 0) is 76.9 Å². The number of hydrogen-bond donors (Lipinski definition) is 1. The Labute approximate surface area is 363 Å². The van der Waals surface area contributed by atoms with E-state index in [0.29, 0.717) is 5.84 Å². The van der Waals surface area contributed by atoms with Crippen molar-refractivity contribution in [2.45, 2.75) is 6.17 Å². The maximum absolute atomic E-state index is 6.97. The van der Waals surface area contributed by atoms with E-state index in [1.807, 2.05) is 66.7 Å². The number of anilines is 3. The maximum Gasteiger partial charge on any atom is 0.160 e. The number of nitrogens with zero attached hydrogens (tertiary/aromatic N) is 3. The first-order valence-corrected chi connectivity index (χ1v) is 21.2. The summed E-state index contributed by atoms with van der Waals surface area (Å²) in [6, 6.07) is 75.6. The second-order valence-corrected chi connectivity index (χ2v) is 15.7. The topological polar surface area (TPSA) is 66.3 Å². The second-order valence-electron chi connectivity index (χ2n) is 15.7. The van der Waals surface area contributed by atoms with Crippen LogP contribution in [0.25, 0.3) is 66.1 Å². The molecule has 0 spiro atoms. The van der Waals surface area contributed by atoms with Crippen LogP contribution in [0.4, 0.5) is 17.1 Å². The standard InChI is InChI=1S/C57H38N4O2/c1-4-15-37(16-5-1)39-27-31-42(32-28-39)61(43-33-29-40(30-34-43)38-17-6-2-7-18-38)48-36-35-47(53-45-22-11-13-25-50(45)63-54(48)53)57-59-55(41-19-8-3-9-20-41)58-56(60-57)46-23-14-26-51-52(46)44-21-10-12-24-49(44)62-51/h1-36,56H,(H,58,59,60). The van der Waals surface area contributed by atoms with Gasteiger partial charge in [0, 0.05) is 49.6 Å². The fourth-order valence-corrected chi connectivity index (χ4v) is 8.97. The summed E-state index contributed by atoms with van der Waals surface area (Å²) < 4.78 is 13.3. The minimum absolute atomic E-state index is 0.465. The lowest BCUT2D eigenvalue weighted by molar-refractivity contribution is 0.662. The number of fused-ring (bicyclic) bond motifs is 6. The minimum Gasteiger partial charge on any atom is -0.456 e. The molecule has 63 heavy (non-hydrogen) atoms. The molecule has 3 heterocycles. The third-order valence-electron chi connectivity index (χ3n) is 12.0. The first-order chi connectivity index (χ1) is 31.2. The molecule has 1 atom stereocenters. The Hall–Kier alpha value is -8.48. The average molecular weight is 811 g/mol. The van der Waals surface area contributed by atoms with Crippen LogP contribution in [-0.2, 0) is 0 Å². The molecule has 2 aromatic heterocycles. The normalized spacial score (nSPS) is 13.9. The van der Waals surface area contributed by atoms with Crippen molar-refractivity contribution >= 4 is 72.6 Å². The van der Waals surface area contributed by atoms with Crippen molar-refractivity contribution in [3.05, 3.63) is 235 Å². The monoisotopic (exact) mass is 810 g/mol. The fourth-order valence-electron chi connectivity index (χ4n) is 8.97. The second kappa shape index (κ2) is 15.2. The predicted molar refractivity (Wildman–Crippen MR) is 258 cm³/mol. The van der Waals surface area contributed by atoms with Crippen LogP contribution in [0.3, 0.4) is 0 Å². The summed E-state index contributed by atoms with van der Waals surface area (Å²) >= 11 is 0. The van der Waals surface area contributed by atoms with Crippen LogP contribution in [0.5, 0.6) is 0 Å². The fraction of sp³-hybridized carbons (Fsp3) is 0.0175. The zero-order valence-corrected chi connectivity index (χ0v) is 34.0. The molecule has 298 valence electrons. The molecule has 0 aliphatic carbocycles. The number of rotatable bonds is 8. The molecule has 1 unspecified atom stereocenters. The van der Waals surface area contributed by atoms with Gasteiger partial charge in [-0.1, -0.05) is 164 Å². The molecule has 6 nitrogen and oxygen atoms in total. The zero-order chi connectivity index (χ0) is 41.7. The van der Waals surface area contributed by atoms with Crippen molar-refractivity contribution < 1.29 is 8.83 Å². The first kappa shape index (κ1) is 36.4.